The normalized spacial score (nSPS) is 17.5. The van der Waals surface area contributed by atoms with E-state index < -0.39 is 40.8 Å². The van der Waals surface area contributed by atoms with Crippen LogP contribution in [0.5, 0.6) is 0 Å². The molecule has 0 spiro atoms. The van der Waals surface area contributed by atoms with Gasteiger partial charge in [0.1, 0.15) is 5.56 Å². The highest BCUT2D eigenvalue weighted by Gasteiger charge is 2.41. The van der Waals surface area contributed by atoms with Crippen LogP contribution in [0.15, 0.2) is 23.4 Å². The summed E-state index contributed by atoms with van der Waals surface area (Å²) in [4.78, 5) is 36.9. The van der Waals surface area contributed by atoms with Crippen molar-refractivity contribution in [2.75, 3.05) is 56.2 Å². The van der Waals surface area contributed by atoms with Gasteiger partial charge in [0.15, 0.2) is 0 Å². The fourth-order valence-corrected chi connectivity index (χ4v) is 4.31. The minimum absolute atomic E-state index is 0.0636. The van der Waals surface area contributed by atoms with Crippen LogP contribution in [-0.4, -0.2) is 94.0 Å². The van der Waals surface area contributed by atoms with Gasteiger partial charge < -0.3 is 24.8 Å². The van der Waals surface area contributed by atoms with Gasteiger partial charge in [0.2, 0.25) is 5.95 Å². The Labute approximate surface area is 218 Å². The highest BCUT2D eigenvalue weighted by molar-refractivity contribution is 5.77. The first-order valence-corrected chi connectivity index (χ1v) is 12.0. The zero-order chi connectivity index (χ0) is 28.4. The number of halogens is 6. The van der Waals surface area contributed by atoms with E-state index in [1.54, 1.807) is 26.7 Å². The Morgan fingerprint density at radius 1 is 1.08 bits per heavy atom. The van der Waals surface area contributed by atoms with Crippen LogP contribution in [0.3, 0.4) is 0 Å². The van der Waals surface area contributed by atoms with Gasteiger partial charge in [-0.1, -0.05) is 0 Å². The summed E-state index contributed by atoms with van der Waals surface area (Å²) in [5.41, 5.74) is -4.07. The quantitative estimate of drug-likeness (QED) is 0.334. The number of urea groups is 1. The van der Waals surface area contributed by atoms with Crippen LogP contribution in [0, 0.1) is 0 Å². The zero-order valence-electron chi connectivity index (χ0n) is 20.7. The van der Waals surface area contributed by atoms with Gasteiger partial charge in [0.05, 0.1) is 30.1 Å². The number of ether oxygens (including phenoxy) is 1. The summed E-state index contributed by atoms with van der Waals surface area (Å²) in [6, 6.07) is -0.795. The van der Waals surface area contributed by atoms with Crippen molar-refractivity contribution in [3.8, 4) is 0 Å². The highest BCUT2D eigenvalue weighted by Crippen LogP contribution is 2.32. The summed E-state index contributed by atoms with van der Waals surface area (Å²) in [7, 11) is 0. The van der Waals surface area contributed by atoms with Crippen LogP contribution in [0.1, 0.15) is 24.5 Å². The first kappa shape index (κ1) is 28.4. The molecule has 0 aromatic carbocycles. The molecule has 2 saturated heterocycles. The minimum Gasteiger partial charge on any atom is -0.379 e. The Kier molecular flexibility index (Phi) is 8.17. The SMILES string of the molecule is CC(COCCCN1CCN(C2CN(c3ncc(C(F)(F)F)cn3)C2)C1=O)Nc1cn[nH]c(=O)c1C(F)(F)F. The molecule has 0 radical (unpaired) electrons. The van der Waals surface area contributed by atoms with E-state index in [1.807, 2.05) is 0 Å². The number of amides is 2. The van der Waals surface area contributed by atoms with Crippen molar-refractivity contribution in [1.29, 1.82) is 0 Å². The molecule has 1 atom stereocenters. The minimum atomic E-state index is -4.84. The number of alkyl halides is 6. The largest absolute Gasteiger partial charge is 0.423 e. The number of nitrogens with one attached hydrogen (secondary N) is 2. The number of nitrogens with zero attached hydrogens (tertiary/aromatic N) is 6. The Balaban J connectivity index is 1.15. The molecule has 2 aliphatic heterocycles. The first-order valence-electron chi connectivity index (χ1n) is 12.0. The molecule has 17 heteroatoms. The molecule has 2 aromatic rings. The van der Waals surface area contributed by atoms with Crippen molar-refractivity contribution >= 4 is 17.7 Å². The van der Waals surface area contributed by atoms with Crippen LogP contribution in [0.4, 0.5) is 42.8 Å². The lowest BCUT2D eigenvalue weighted by atomic mass is 10.1. The van der Waals surface area contributed by atoms with Crippen molar-refractivity contribution in [3.05, 3.63) is 40.1 Å². The van der Waals surface area contributed by atoms with Gasteiger partial charge in [0, 0.05) is 57.8 Å². The standard InChI is InChI=1S/C22H26F6N8O3/c1-13(32-16-9-31-33-18(37)17(16)22(26,27)28)12-39-6-2-3-34-4-5-36(20(34)38)15-10-35(11-15)19-29-7-14(8-30-19)21(23,24)25/h7-9,13,15H,2-6,10-12H2,1H3,(H2,32,33,37). The molecular formula is C22H26F6N8O3. The molecule has 39 heavy (non-hydrogen) atoms. The highest BCUT2D eigenvalue weighted by atomic mass is 19.4. The summed E-state index contributed by atoms with van der Waals surface area (Å²) in [6.07, 6.45) is -6.49. The average molecular weight is 564 g/mol. The summed E-state index contributed by atoms with van der Waals surface area (Å²) < 4.78 is 83.0. The lowest BCUT2D eigenvalue weighted by Gasteiger charge is -2.43. The molecule has 2 amide bonds. The number of aromatic nitrogens is 4. The molecule has 4 heterocycles. The van der Waals surface area contributed by atoms with E-state index >= 15 is 0 Å². The summed E-state index contributed by atoms with van der Waals surface area (Å²) in [5, 5.41) is 7.76. The summed E-state index contributed by atoms with van der Waals surface area (Å²) >= 11 is 0. The predicted molar refractivity (Wildman–Crippen MR) is 125 cm³/mol. The van der Waals surface area contributed by atoms with Gasteiger partial charge in [0.25, 0.3) is 5.56 Å². The molecule has 0 aliphatic carbocycles. The van der Waals surface area contributed by atoms with Gasteiger partial charge in [-0.3, -0.25) is 4.79 Å². The third kappa shape index (κ3) is 6.69. The lowest BCUT2D eigenvalue weighted by molar-refractivity contribution is -0.139. The van der Waals surface area contributed by atoms with Crippen molar-refractivity contribution in [2.45, 2.75) is 37.8 Å². The van der Waals surface area contributed by atoms with E-state index in [9.17, 15) is 35.9 Å². The second kappa shape index (κ2) is 11.2. The van der Waals surface area contributed by atoms with Gasteiger partial charge in [-0.05, 0) is 13.3 Å². The number of carbonyl (C=O) groups excluding carboxylic acids is 1. The number of anilines is 2. The second-order valence-corrected chi connectivity index (χ2v) is 9.25. The third-order valence-corrected chi connectivity index (χ3v) is 6.30. The second-order valence-electron chi connectivity index (χ2n) is 9.25. The number of carbonyl (C=O) groups is 1. The van der Waals surface area contributed by atoms with Gasteiger partial charge in [-0.15, -0.1) is 0 Å². The van der Waals surface area contributed by atoms with E-state index in [0.717, 1.165) is 18.6 Å². The van der Waals surface area contributed by atoms with Gasteiger partial charge >= 0.3 is 18.4 Å². The zero-order valence-corrected chi connectivity index (χ0v) is 20.7. The third-order valence-electron chi connectivity index (χ3n) is 6.30. The maximum Gasteiger partial charge on any atom is 0.423 e. The number of hydrogen-bond donors (Lipinski definition) is 2. The lowest BCUT2D eigenvalue weighted by Crippen LogP contribution is -2.60. The smallest absolute Gasteiger partial charge is 0.379 e. The molecule has 0 bridgehead atoms. The van der Waals surface area contributed by atoms with E-state index in [0.29, 0.717) is 39.1 Å². The van der Waals surface area contributed by atoms with Crippen LogP contribution >= 0.6 is 0 Å². The molecule has 2 aliphatic rings. The number of rotatable bonds is 10. The molecule has 11 nitrogen and oxygen atoms in total. The van der Waals surface area contributed by atoms with Crippen LogP contribution in [-0.2, 0) is 17.1 Å². The van der Waals surface area contributed by atoms with Crippen molar-refractivity contribution < 1.29 is 35.9 Å². The summed E-state index contributed by atoms with van der Waals surface area (Å²) in [5.74, 6) is 0.175. The van der Waals surface area contributed by atoms with E-state index in [4.69, 9.17) is 4.74 Å². The average Bonchev–Trinajstić information content (AvgIpc) is 3.17. The monoisotopic (exact) mass is 564 g/mol. The maximum atomic E-state index is 13.1. The van der Waals surface area contributed by atoms with Crippen LogP contribution in [0.25, 0.3) is 0 Å². The van der Waals surface area contributed by atoms with Crippen molar-refractivity contribution in [2.24, 2.45) is 0 Å². The molecule has 1 unspecified atom stereocenters. The fraction of sp³-hybridized carbons (Fsp3) is 0.591. The summed E-state index contributed by atoms with van der Waals surface area (Å²) in [6.45, 7) is 4.20. The van der Waals surface area contributed by atoms with Gasteiger partial charge in [-0.2, -0.15) is 31.4 Å². The number of aromatic amines is 1. The Hall–Kier alpha value is -3.63. The van der Waals surface area contributed by atoms with Gasteiger partial charge in [-0.25, -0.2) is 19.9 Å². The number of H-pyrrole nitrogens is 1. The topological polar surface area (TPSA) is 120 Å². The molecule has 214 valence electrons. The van der Waals surface area contributed by atoms with E-state index in [2.05, 4.69) is 20.4 Å². The molecule has 2 aromatic heterocycles. The molecule has 2 fully saturated rings. The molecule has 4 rings (SSSR count). The van der Waals surface area contributed by atoms with Crippen molar-refractivity contribution in [3.63, 3.8) is 0 Å². The predicted octanol–water partition coefficient (Wildman–Crippen LogP) is 2.43. The Bertz CT molecular complexity index is 1200. The van der Waals surface area contributed by atoms with E-state index in [-0.39, 0.29) is 31.2 Å². The van der Waals surface area contributed by atoms with Crippen LogP contribution < -0.4 is 15.8 Å². The van der Waals surface area contributed by atoms with Crippen molar-refractivity contribution in [1.82, 2.24) is 30.0 Å². The first-order chi connectivity index (χ1) is 18.3. The fourth-order valence-electron chi connectivity index (χ4n) is 4.31. The Morgan fingerprint density at radius 3 is 2.41 bits per heavy atom. The Morgan fingerprint density at radius 2 is 1.77 bits per heavy atom. The molecular weight excluding hydrogens is 538 g/mol. The van der Waals surface area contributed by atoms with E-state index in [1.165, 1.54) is 0 Å². The number of hydrogen-bond acceptors (Lipinski definition) is 8. The molecule has 2 N–H and O–H groups in total. The van der Waals surface area contributed by atoms with Crippen LogP contribution in [0.2, 0.25) is 0 Å². The maximum absolute atomic E-state index is 13.1. The molecule has 0 saturated carbocycles.